The van der Waals surface area contributed by atoms with E-state index in [1.165, 1.54) is 17.2 Å². The number of benzene rings is 2. The monoisotopic (exact) mass is 469 g/mol. The van der Waals surface area contributed by atoms with Gasteiger partial charge in [-0.2, -0.15) is 0 Å². The molecule has 1 aliphatic heterocycles. The van der Waals surface area contributed by atoms with Gasteiger partial charge in [0.15, 0.2) is 11.5 Å². The molecule has 7 heteroatoms. The van der Waals surface area contributed by atoms with Crippen molar-refractivity contribution in [2.24, 2.45) is 0 Å². The Kier molecular flexibility index (Phi) is 5.97. The molecule has 1 aliphatic rings. The van der Waals surface area contributed by atoms with Crippen molar-refractivity contribution in [2.45, 2.75) is 26.1 Å². The van der Waals surface area contributed by atoms with E-state index in [4.69, 9.17) is 13.6 Å². The summed E-state index contributed by atoms with van der Waals surface area (Å²) in [7, 11) is 0. The van der Waals surface area contributed by atoms with Gasteiger partial charge in [-0.05, 0) is 54.4 Å². The number of aliphatic hydroxyl groups is 1. The van der Waals surface area contributed by atoms with Crippen molar-refractivity contribution in [3.8, 4) is 5.75 Å². The highest BCUT2D eigenvalue weighted by atomic mass is 16.5. The van der Waals surface area contributed by atoms with Crippen molar-refractivity contribution >= 4 is 11.7 Å². The van der Waals surface area contributed by atoms with Gasteiger partial charge in [-0.25, -0.2) is 0 Å². The second-order valence-corrected chi connectivity index (χ2v) is 8.26. The number of amides is 1. The summed E-state index contributed by atoms with van der Waals surface area (Å²) in [6.07, 6.45) is 1.51. The number of nitrogens with zero attached hydrogens (tertiary/aromatic N) is 1. The van der Waals surface area contributed by atoms with Gasteiger partial charge in [0.2, 0.25) is 5.78 Å². The molecule has 0 aliphatic carbocycles. The summed E-state index contributed by atoms with van der Waals surface area (Å²) in [6, 6.07) is 22.7. The number of aliphatic hydroxyl groups excluding tert-OH is 1. The van der Waals surface area contributed by atoms with Gasteiger partial charge in [-0.1, -0.05) is 42.5 Å². The van der Waals surface area contributed by atoms with Crippen LogP contribution < -0.4 is 4.74 Å². The van der Waals surface area contributed by atoms with Gasteiger partial charge < -0.3 is 23.6 Å². The first-order valence-corrected chi connectivity index (χ1v) is 11.2. The van der Waals surface area contributed by atoms with Crippen LogP contribution in [0.5, 0.6) is 5.75 Å². The summed E-state index contributed by atoms with van der Waals surface area (Å²) in [6.45, 7) is 2.16. The number of furan rings is 2. The molecule has 1 N–H and O–H groups in total. The Bertz CT molecular complexity index is 1380. The molecule has 4 aromatic rings. The number of carbonyl (C=O) groups excluding carboxylic acids is 2. The third-order valence-electron chi connectivity index (χ3n) is 5.84. The average Bonchev–Trinajstić information content (AvgIpc) is 3.61. The summed E-state index contributed by atoms with van der Waals surface area (Å²) < 4.78 is 16.9. The SMILES string of the molecule is Cc1ccc(C(=O)C2=C(O)C(=O)N(Cc3ccco3)C2c2cccc(OCc3ccccc3)c2)o1. The van der Waals surface area contributed by atoms with Crippen LogP contribution in [-0.4, -0.2) is 21.7 Å². The Labute approximate surface area is 201 Å². The Morgan fingerprint density at radius 2 is 1.86 bits per heavy atom. The number of Topliss-reactive ketones (excluding diaryl/α,β-unsaturated/α-hetero) is 1. The predicted octanol–water partition coefficient (Wildman–Crippen LogP) is 5.54. The second kappa shape index (κ2) is 9.38. The molecule has 176 valence electrons. The molecule has 1 amide bonds. The van der Waals surface area contributed by atoms with Crippen LogP contribution >= 0.6 is 0 Å². The molecule has 0 radical (unpaired) electrons. The maximum absolute atomic E-state index is 13.4. The fraction of sp³-hybridized carbons (Fsp3) is 0.143. The maximum atomic E-state index is 13.4. The van der Waals surface area contributed by atoms with Gasteiger partial charge in [0.05, 0.1) is 24.4 Å². The van der Waals surface area contributed by atoms with Crippen molar-refractivity contribution in [1.82, 2.24) is 4.90 Å². The Balaban J connectivity index is 1.51. The van der Waals surface area contributed by atoms with E-state index in [1.807, 2.05) is 30.3 Å². The molecule has 2 aromatic heterocycles. The van der Waals surface area contributed by atoms with Gasteiger partial charge in [-0.3, -0.25) is 9.59 Å². The quantitative estimate of drug-likeness (QED) is 0.341. The summed E-state index contributed by atoms with van der Waals surface area (Å²) in [5.41, 5.74) is 1.58. The van der Waals surface area contributed by atoms with Crippen LogP contribution in [-0.2, 0) is 17.9 Å². The minimum atomic E-state index is -0.856. The molecular formula is C28H23NO6. The third-order valence-corrected chi connectivity index (χ3v) is 5.84. The highest BCUT2D eigenvalue weighted by Crippen LogP contribution is 2.41. The van der Waals surface area contributed by atoms with Crippen LogP contribution in [0, 0.1) is 6.92 Å². The van der Waals surface area contributed by atoms with Gasteiger partial charge in [-0.15, -0.1) is 0 Å². The van der Waals surface area contributed by atoms with Crippen LogP contribution in [0.25, 0.3) is 0 Å². The molecule has 0 spiro atoms. The summed E-state index contributed by atoms with van der Waals surface area (Å²) >= 11 is 0. The van der Waals surface area contributed by atoms with E-state index in [0.717, 1.165) is 5.56 Å². The number of rotatable bonds is 8. The molecule has 7 nitrogen and oxygen atoms in total. The standard InChI is InChI=1S/C28H23NO6/c1-18-12-13-23(35-18)26(30)24-25(29(28(32)27(24)31)16-22-11-6-14-33-22)20-9-5-10-21(15-20)34-17-19-7-3-2-4-8-19/h2-15,25,31H,16-17H2,1H3. The van der Waals surface area contributed by atoms with Crippen LogP contribution in [0.15, 0.2) is 105 Å². The topological polar surface area (TPSA) is 93.1 Å². The lowest BCUT2D eigenvalue weighted by atomic mass is 9.95. The zero-order chi connectivity index (χ0) is 24.4. The van der Waals surface area contributed by atoms with Crippen LogP contribution in [0.4, 0.5) is 0 Å². The van der Waals surface area contributed by atoms with Crippen molar-refractivity contribution in [1.29, 1.82) is 0 Å². The molecule has 3 heterocycles. The first-order valence-electron chi connectivity index (χ1n) is 11.2. The summed E-state index contributed by atoms with van der Waals surface area (Å²) in [5, 5.41) is 10.8. The number of hydrogen-bond donors (Lipinski definition) is 1. The number of aryl methyl sites for hydroxylation is 1. The Morgan fingerprint density at radius 1 is 1.03 bits per heavy atom. The molecule has 1 atom stereocenters. The van der Waals surface area contributed by atoms with Crippen LogP contribution in [0.3, 0.4) is 0 Å². The number of hydrogen-bond acceptors (Lipinski definition) is 6. The smallest absolute Gasteiger partial charge is 0.290 e. The van der Waals surface area contributed by atoms with Crippen molar-refractivity contribution < 1.29 is 28.3 Å². The Morgan fingerprint density at radius 3 is 2.57 bits per heavy atom. The molecule has 0 saturated carbocycles. The molecule has 0 saturated heterocycles. The van der Waals surface area contributed by atoms with Gasteiger partial charge >= 0.3 is 0 Å². The lowest BCUT2D eigenvalue weighted by molar-refractivity contribution is -0.130. The molecule has 35 heavy (non-hydrogen) atoms. The zero-order valence-corrected chi connectivity index (χ0v) is 19.0. The maximum Gasteiger partial charge on any atom is 0.290 e. The zero-order valence-electron chi connectivity index (χ0n) is 19.0. The second-order valence-electron chi connectivity index (χ2n) is 8.26. The highest BCUT2D eigenvalue weighted by molar-refractivity contribution is 6.15. The first kappa shape index (κ1) is 22.3. The lowest BCUT2D eigenvalue weighted by Crippen LogP contribution is -2.30. The fourth-order valence-corrected chi connectivity index (χ4v) is 4.17. The normalized spacial score (nSPS) is 15.6. The van der Waals surface area contributed by atoms with E-state index >= 15 is 0 Å². The lowest BCUT2D eigenvalue weighted by Gasteiger charge is -2.26. The van der Waals surface area contributed by atoms with E-state index in [9.17, 15) is 14.7 Å². The summed E-state index contributed by atoms with van der Waals surface area (Å²) in [4.78, 5) is 27.9. The van der Waals surface area contributed by atoms with Gasteiger partial charge in [0.1, 0.15) is 23.9 Å². The van der Waals surface area contributed by atoms with E-state index in [1.54, 1.807) is 49.4 Å². The van der Waals surface area contributed by atoms with E-state index in [2.05, 4.69) is 0 Å². The molecule has 0 bridgehead atoms. The molecule has 2 aromatic carbocycles. The number of ether oxygens (including phenoxy) is 1. The molecular weight excluding hydrogens is 446 g/mol. The predicted molar refractivity (Wildman–Crippen MR) is 127 cm³/mol. The first-order chi connectivity index (χ1) is 17.0. The van der Waals surface area contributed by atoms with Gasteiger partial charge in [0, 0.05) is 0 Å². The van der Waals surface area contributed by atoms with Crippen molar-refractivity contribution in [2.75, 3.05) is 0 Å². The molecule has 0 fully saturated rings. The molecule has 5 rings (SSSR count). The Hall–Kier alpha value is -4.52. The number of ketones is 1. The highest BCUT2D eigenvalue weighted by Gasteiger charge is 2.44. The van der Waals surface area contributed by atoms with E-state index < -0.39 is 23.5 Å². The van der Waals surface area contributed by atoms with Gasteiger partial charge in [0.25, 0.3) is 5.91 Å². The van der Waals surface area contributed by atoms with Crippen molar-refractivity contribution in [3.05, 3.63) is 125 Å². The minimum Gasteiger partial charge on any atom is -0.503 e. The van der Waals surface area contributed by atoms with E-state index in [-0.39, 0.29) is 17.9 Å². The fourth-order valence-electron chi connectivity index (χ4n) is 4.17. The third kappa shape index (κ3) is 4.48. The summed E-state index contributed by atoms with van der Waals surface area (Å²) in [5.74, 6) is -0.105. The molecule has 1 unspecified atom stereocenters. The minimum absolute atomic E-state index is 0.0453. The largest absolute Gasteiger partial charge is 0.503 e. The van der Waals surface area contributed by atoms with Crippen LogP contribution in [0.2, 0.25) is 0 Å². The van der Waals surface area contributed by atoms with Crippen molar-refractivity contribution in [3.63, 3.8) is 0 Å². The van der Waals surface area contributed by atoms with E-state index in [0.29, 0.717) is 29.4 Å². The average molecular weight is 469 g/mol. The van der Waals surface area contributed by atoms with Crippen LogP contribution in [0.1, 0.15) is 39.2 Å². The number of carbonyl (C=O) groups is 2.